The van der Waals surface area contributed by atoms with E-state index in [9.17, 15) is 4.79 Å². The molecule has 0 spiro atoms. The smallest absolute Gasteiger partial charge is 0.252 e. The van der Waals surface area contributed by atoms with E-state index >= 15 is 0 Å². The molecular weight excluding hydrogens is 342 g/mol. The van der Waals surface area contributed by atoms with E-state index in [0.717, 1.165) is 17.0 Å². The van der Waals surface area contributed by atoms with Gasteiger partial charge in [-0.2, -0.15) is 4.98 Å². The number of benzene rings is 1. The van der Waals surface area contributed by atoms with E-state index in [1.54, 1.807) is 16.8 Å². The molecule has 0 aliphatic rings. The van der Waals surface area contributed by atoms with Crippen LogP contribution in [0.15, 0.2) is 59.2 Å². The molecule has 3 aromatic heterocycles. The Labute approximate surface area is 156 Å². The van der Waals surface area contributed by atoms with Crippen LogP contribution in [0.2, 0.25) is 0 Å². The van der Waals surface area contributed by atoms with Crippen LogP contribution >= 0.6 is 0 Å². The van der Waals surface area contributed by atoms with Gasteiger partial charge in [-0.1, -0.05) is 30.3 Å². The Bertz CT molecular complexity index is 1070. The zero-order valence-electron chi connectivity index (χ0n) is 15.1. The number of hydrogen-bond acceptors (Lipinski definition) is 5. The summed E-state index contributed by atoms with van der Waals surface area (Å²) < 4.78 is 7.17. The number of furan rings is 1. The lowest BCUT2D eigenvalue weighted by molar-refractivity contribution is -0.121. The number of carbonyl (C=O) groups excluding carboxylic acids is 1. The Morgan fingerprint density at radius 3 is 2.70 bits per heavy atom. The van der Waals surface area contributed by atoms with E-state index < -0.39 is 0 Å². The molecule has 0 saturated carbocycles. The van der Waals surface area contributed by atoms with Gasteiger partial charge in [-0.15, -0.1) is 5.10 Å². The second-order valence-corrected chi connectivity index (χ2v) is 6.38. The van der Waals surface area contributed by atoms with E-state index in [-0.39, 0.29) is 18.4 Å². The van der Waals surface area contributed by atoms with Gasteiger partial charge in [0.05, 0.1) is 12.7 Å². The van der Waals surface area contributed by atoms with Gasteiger partial charge in [-0.05, 0) is 37.6 Å². The molecule has 1 aromatic carbocycles. The molecule has 0 fully saturated rings. The third-order valence-corrected chi connectivity index (χ3v) is 4.25. The SMILES string of the molecule is Cc1cc(C)n2nc(CC(=O)N[C@H](c3ccccc3)c3ccco3)nc2n1. The highest BCUT2D eigenvalue weighted by atomic mass is 16.3. The van der Waals surface area contributed by atoms with Gasteiger partial charge >= 0.3 is 0 Å². The third kappa shape index (κ3) is 3.57. The van der Waals surface area contributed by atoms with Crippen LogP contribution < -0.4 is 5.32 Å². The van der Waals surface area contributed by atoms with Crippen molar-refractivity contribution < 1.29 is 9.21 Å². The number of fused-ring (bicyclic) bond motifs is 1. The van der Waals surface area contributed by atoms with Crippen LogP contribution in [-0.4, -0.2) is 25.5 Å². The largest absolute Gasteiger partial charge is 0.467 e. The van der Waals surface area contributed by atoms with Gasteiger partial charge < -0.3 is 9.73 Å². The molecule has 0 radical (unpaired) electrons. The molecule has 1 atom stereocenters. The lowest BCUT2D eigenvalue weighted by Crippen LogP contribution is -2.30. The Hall–Kier alpha value is -3.48. The van der Waals surface area contributed by atoms with Crippen LogP contribution in [0.1, 0.15) is 34.6 Å². The maximum absolute atomic E-state index is 12.7. The first-order valence-corrected chi connectivity index (χ1v) is 8.68. The van der Waals surface area contributed by atoms with Gasteiger partial charge in [-0.3, -0.25) is 4.79 Å². The van der Waals surface area contributed by atoms with Crippen molar-refractivity contribution in [3.8, 4) is 0 Å². The summed E-state index contributed by atoms with van der Waals surface area (Å²) in [5.41, 5.74) is 2.73. The molecule has 0 aliphatic heterocycles. The third-order valence-electron chi connectivity index (χ3n) is 4.25. The predicted octanol–water partition coefficient (Wildman–Crippen LogP) is 2.78. The van der Waals surface area contributed by atoms with Crippen molar-refractivity contribution in [2.75, 3.05) is 0 Å². The fraction of sp³-hybridized carbons (Fsp3) is 0.200. The van der Waals surface area contributed by atoms with Gasteiger partial charge in [-0.25, -0.2) is 9.50 Å². The Balaban J connectivity index is 1.56. The van der Waals surface area contributed by atoms with Crippen molar-refractivity contribution in [2.45, 2.75) is 26.3 Å². The van der Waals surface area contributed by atoms with Gasteiger partial charge in [0.1, 0.15) is 11.8 Å². The number of nitrogens with one attached hydrogen (secondary N) is 1. The monoisotopic (exact) mass is 361 g/mol. The molecule has 27 heavy (non-hydrogen) atoms. The second kappa shape index (κ2) is 7.03. The molecule has 7 heteroatoms. The molecule has 4 rings (SSSR count). The molecule has 4 aromatic rings. The van der Waals surface area contributed by atoms with E-state index in [1.807, 2.05) is 56.3 Å². The quantitative estimate of drug-likeness (QED) is 0.591. The number of amides is 1. The van der Waals surface area contributed by atoms with Crippen LogP contribution in [0.4, 0.5) is 0 Å². The normalized spacial score (nSPS) is 12.2. The molecular formula is C20H19N5O2. The molecule has 0 bridgehead atoms. The first kappa shape index (κ1) is 17.0. The second-order valence-electron chi connectivity index (χ2n) is 6.38. The molecule has 3 heterocycles. The Morgan fingerprint density at radius 2 is 1.96 bits per heavy atom. The minimum Gasteiger partial charge on any atom is -0.467 e. The van der Waals surface area contributed by atoms with Gasteiger partial charge in [0.2, 0.25) is 5.91 Å². The van der Waals surface area contributed by atoms with Crippen LogP contribution in [0.3, 0.4) is 0 Å². The summed E-state index contributed by atoms with van der Waals surface area (Å²) in [5.74, 6) is 1.41. The van der Waals surface area contributed by atoms with Crippen molar-refractivity contribution in [1.29, 1.82) is 0 Å². The summed E-state index contributed by atoms with van der Waals surface area (Å²) in [5, 5.41) is 7.41. The average Bonchev–Trinajstić information content (AvgIpc) is 3.30. The zero-order chi connectivity index (χ0) is 18.8. The molecule has 1 amide bonds. The van der Waals surface area contributed by atoms with Crippen LogP contribution in [0.5, 0.6) is 0 Å². The van der Waals surface area contributed by atoms with E-state index in [4.69, 9.17) is 4.42 Å². The molecule has 0 saturated heterocycles. The van der Waals surface area contributed by atoms with E-state index in [2.05, 4.69) is 20.4 Å². The number of hydrogen-bond donors (Lipinski definition) is 1. The van der Waals surface area contributed by atoms with Crippen molar-refractivity contribution in [3.63, 3.8) is 0 Å². The van der Waals surface area contributed by atoms with Gasteiger partial charge in [0.25, 0.3) is 5.78 Å². The lowest BCUT2D eigenvalue weighted by Gasteiger charge is -2.16. The number of rotatable bonds is 5. The number of aryl methyl sites for hydroxylation is 2. The highest BCUT2D eigenvalue weighted by molar-refractivity contribution is 5.78. The lowest BCUT2D eigenvalue weighted by atomic mass is 10.0. The maximum atomic E-state index is 12.7. The Kier molecular flexibility index (Phi) is 4.42. The predicted molar refractivity (Wildman–Crippen MR) is 99.1 cm³/mol. The average molecular weight is 361 g/mol. The topological polar surface area (TPSA) is 85.3 Å². The minimum absolute atomic E-state index is 0.0614. The van der Waals surface area contributed by atoms with Crippen LogP contribution in [-0.2, 0) is 11.2 Å². The fourth-order valence-corrected chi connectivity index (χ4v) is 3.06. The summed E-state index contributed by atoms with van der Waals surface area (Å²) in [6, 6.07) is 14.9. The molecule has 1 N–H and O–H groups in total. The van der Waals surface area contributed by atoms with E-state index in [0.29, 0.717) is 17.4 Å². The number of carbonyl (C=O) groups is 1. The van der Waals surface area contributed by atoms with Gasteiger partial charge in [0.15, 0.2) is 5.82 Å². The van der Waals surface area contributed by atoms with Gasteiger partial charge in [0, 0.05) is 11.4 Å². The molecule has 0 aliphatic carbocycles. The summed E-state index contributed by atoms with van der Waals surface area (Å²) in [4.78, 5) is 21.4. The van der Waals surface area contributed by atoms with Crippen molar-refractivity contribution in [3.05, 3.63) is 83.3 Å². The number of nitrogens with zero attached hydrogens (tertiary/aromatic N) is 4. The highest BCUT2D eigenvalue weighted by Gasteiger charge is 2.20. The first-order chi connectivity index (χ1) is 13.1. The molecule has 136 valence electrons. The maximum Gasteiger partial charge on any atom is 0.252 e. The summed E-state index contributed by atoms with van der Waals surface area (Å²) in [7, 11) is 0. The number of aromatic nitrogens is 4. The fourth-order valence-electron chi connectivity index (χ4n) is 3.06. The first-order valence-electron chi connectivity index (χ1n) is 8.68. The summed E-state index contributed by atoms with van der Waals surface area (Å²) in [6.45, 7) is 3.84. The van der Waals surface area contributed by atoms with E-state index in [1.165, 1.54) is 0 Å². The van der Waals surface area contributed by atoms with Crippen LogP contribution in [0.25, 0.3) is 5.78 Å². The Morgan fingerprint density at radius 1 is 1.15 bits per heavy atom. The minimum atomic E-state index is -0.368. The molecule has 0 unspecified atom stereocenters. The zero-order valence-corrected chi connectivity index (χ0v) is 15.1. The molecule has 7 nitrogen and oxygen atoms in total. The highest BCUT2D eigenvalue weighted by Crippen LogP contribution is 2.22. The van der Waals surface area contributed by atoms with Crippen molar-refractivity contribution in [1.82, 2.24) is 24.9 Å². The van der Waals surface area contributed by atoms with Crippen molar-refractivity contribution in [2.24, 2.45) is 0 Å². The summed E-state index contributed by atoms with van der Waals surface area (Å²) >= 11 is 0. The van der Waals surface area contributed by atoms with Crippen molar-refractivity contribution >= 4 is 11.7 Å². The summed E-state index contributed by atoms with van der Waals surface area (Å²) in [6.07, 6.45) is 1.66. The standard InChI is InChI=1S/C20H19N5O2/c1-13-11-14(2)25-20(21-13)22-17(24-25)12-18(26)23-19(16-9-6-10-27-16)15-7-4-3-5-8-15/h3-11,19H,12H2,1-2H3,(H,23,26)/t19-/m1/s1. The van der Waals surface area contributed by atoms with Crippen LogP contribution in [0, 0.1) is 13.8 Å².